The Balaban J connectivity index is 4.49. The molecule has 0 amide bonds. The van der Waals surface area contributed by atoms with Gasteiger partial charge < -0.3 is 0 Å². The van der Waals surface area contributed by atoms with Gasteiger partial charge in [-0.25, -0.2) is 0 Å². The molecule has 0 bridgehead atoms. The van der Waals surface area contributed by atoms with Crippen molar-refractivity contribution in [1.82, 2.24) is 0 Å². The molecular weight excluding hydrogens is 168 g/mol. The molecule has 0 aliphatic heterocycles. The highest BCUT2D eigenvalue weighted by molar-refractivity contribution is 4.82. The first-order chi connectivity index (χ1) is 6.42. The molecule has 0 aromatic heterocycles. The van der Waals surface area contributed by atoms with E-state index < -0.39 is 0 Å². The molecule has 0 N–H and O–H groups in total. The Kier molecular flexibility index (Phi) is 5.78. The maximum atomic E-state index is 2.45. The fourth-order valence-corrected chi connectivity index (χ4v) is 2.39. The second-order valence-corrected chi connectivity index (χ2v) is 5.39. The zero-order chi connectivity index (χ0) is 11.4. The van der Waals surface area contributed by atoms with Gasteiger partial charge in [0.2, 0.25) is 0 Å². The van der Waals surface area contributed by atoms with Crippen molar-refractivity contribution in [3.05, 3.63) is 0 Å². The van der Waals surface area contributed by atoms with Crippen molar-refractivity contribution in [3.8, 4) is 0 Å². The fourth-order valence-electron chi connectivity index (χ4n) is 2.39. The summed E-state index contributed by atoms with van der Waals surface area (Å²) in [6.45, 7) is 16.7. The van der Waals surface area contributed by atoms with Gasteiger partial charge in [-0.1, -0.05) is 67.7 Å². The van der Waals surface area contributed by atoms with E-state index in [-0.39, 0.29) is 0 Å². The van der Waals surface area contributed by atoms with E-state index in [0.29, 0.717) is 5.41 Å². The lowest BCUT2D eigenvalue weighted by atomic mass is 9.66. The monoisotopic (exact) mass is 198 g/mol. The Morgan fingerprint density at radius 2 is 1.36 bits per heavy atom. The Morgan fingerprint density at radius 1 is 0.929 bits per heavy atom. The van der Waals surface area contributed by atoms with Gasteiger partial charge in [0.25, 0.3) is 0 Å². The van der Waals surface area contributed by atoms with Gasteiger partial charge >= 0.3 is 0 Å². The van der Waals surface area contributed by atoms with Gasteiger partial charge in [0, 0.05) is 0 Å². The average Bonchev–Trinajstić information content (AvgIpc) is 2.24. The fraction of sp³-hybridized carbons (Fsp3) is 1.00. The van der Waals surface area contributed by atoms with Crippen molar-refractivity contribution in [2.24, 2.45) is 23.2 Å². The van der Waals surface area contributed by atoms with Gasteiger partial charge in [-0.15, -0.1) is 0 Å². The van der Waals surface area contributed by atoms with Crippen LogP contribution in [-0.4, -0.2) is 0 Å². The molecule has 0 nitrogen and oxygen atoms in total. The summed E-state index contributed by atoms with van der Waals surface area (Å²) in [6.07, 6.45) is 3.94. The third kappa shape index (κ3) is 3.00. The van der Waals surface area contributed by atoms with Gasteiger partial charge in [0.05, 0.1) is 0 Å². The maximum absolute atomic E-state index is 2.45. The molecular formula is C14H30. The molecule has 3 atom stereocenters. The van der Waals surface area contributed by atoms with E-state index in [2.05, 4.69) is 48.5 Å². The standard InChI is InChI=1S/C14H30/c1-8-11(4)12(5)13(6)14(7,9-2)10-3/h11-13H,8-10H2,1-7H3. The predicted molar refractivity (Wildman–Crippen MR) is 66.5 cm³/mol. The van der Waals surface area contributed by atoms with E-state index in [1.165, 1.54) is 19.3 Å². The second-order valence-electron chi connectivity index (χ2n) is 5.39. The SMILES string of the molecule is CCC(C)C(C)C(C)C(C)(CC)CC. The zero-order valence-electron chi connectivity index (χ0n) is 11.4. The van der Waals surface area contributed by atoms with Crippen LogP contribution in [0.5, 0.6) is 0 Å². The van der Waals surface area contributed by atoms with Crippen LogP contribution in [0, 0.1) is 23.2 Å². The normalized spacial score (nSPS) is 19.1. The summed E-state index contributed by atoms with van der Waals surface area (Å²) in [7, 11) is 0. The van der Waals surface area contributed by atoms with Crippen LogP contribution in [0.3, 0.4) is 0 Å². The molecule has 0 aromatic carbocycles. The van der Waals surface area contributed by atoms with Crippen LogP contribution < -0.4 is 0 Å². The molecule has 14 heavy (non-hydrogen) atoms. The molecule has 0 fully saturated rings. The Bertz CT molecular complexity index is 144. The summed E-state index contributed by atoms with van der Waals surface area (Å²) in [4.78, 5) is 0. The summed E-state index contributed by atoms with van der Waals surface area (Å²) in [6, 6.07) is 0. The molecule has 0 aromatic rings. The molecule has 0 rings (SSSR count). The van der Waals surface area contributed by atoms with Crippen molar-refractivity contribution in [2.75, 3.05) is 0 Å². The highest BCUT2D eigenvalue weighted by Crippen LogP contribution is 2.41. The first-order valence-corrected chi connectivity index (χ1v) is 6.42. The summed E-state index contributed by atoms with van der Waals surface area (Å²) in [5.74, 6) is 2.56. The molecule has 0 heteroatoms. The second kappa shape index (κ2) is 5.78. The molecule has 3 unspecified atom stereocenters. The Morgan fingerprint density at radius 3 is 1.64 bits per heavy atom. The Labute approximate surface area is 91.5 Å². The molecule has 0 heterocycles. The number of hydrogen-bond acceptors (Lipinski definition) is 0. The smallest absolute Gasteiger partial charge is 0.0303 e. The van der Waals surface area contributed by atoms with Crippen LogP contribution in [-0.2, 0) is 0 Å². The zero-order valence-corrected chi connectivity index (χ0v) is 11.4. The summed E-state index contributed by atoms with van der Waals surface area (Å²) < 4.78 is 0. The van der Waals surface area contributed by atoms with Crippen LogP contribution in [0.25, 0.3) is 0 Å². The van der Waals surface area contributed by atoms with Gasteiger partial charge in [0.1, 0.15) is 0 Å². The van der Waals surface area contributed by atoms with Gasteiger partial charge in [-0.05, 0) is 23.2 Å². The van der Waals surface area contributed by atoms with Crippen LogP contribution in [0.1, 0.15) is 67.7 Å². The largest absolute Gasteiger partial charge is 0.0651 e. The quantitative estimate of drug-likeness (QED) is 0.555. The van der Waals surface area contributed by atoms with Crippen LogP contribution in [0.4, 0.5) is 0 Å². The van der Waals surface area contributed by atoms with E-state index in [0.717, 1.165) is 17.8 Å². The number of hydrogen-bond donors (Lipinski definition) is 0. The summed E-state index contributed by atoms with van der Waals surface area (Å²) in [5, 5.41) is 0. The van der Waals surface area contributed by atoms with Gasteiger partial charge in [-0.2, -0.15) is 0 Å². The van der Waals surface area contributed by atoms with E-state index >= 15 is 0 Å². The van der Waals surface area contributed by atoms with Crippen molar-refractivity contribution in [2.45, 2.75) is 67.7 Å². The molecule has 0 saturated carbocycles. The third-order valence-corrected chi connectivity index (χ3v) is 5.04. The van der Waals surface area contributed by atoms with Crippen molar-refractivity contribution < 1.29 is 0 Å². The topological polar surface area (TPSA) is 0 Å². The first kappa shape index (κ1) is 14.0. The van der Waals surface area contributed by atoms with Crippen molar-refractivity contribution in [1.29, 1.82) is 0 Å². The number of rotatable bonds is 6. The lowest BCUT2D eigenvalue weighted by Crippen LogP contribution is -2.31. The molecule has 0 spiro atoms. The lowest BCUT2D eigenvalue weighted by molar-refractivity contribution is 0.0995. The van der Waals surface area contributed by atoms with E-state index in [9.17, 15) is 0 Å². The first-order valence-electron chi connectivity index (χ1n) is 6.42. The summed E-state index contributed by atoms with van der Waals surface area (Å²) >= 11 is 0. The Hall–Kier alpha value is 0. The van der Waals surface area contributed by atoms with E-state index in [1.807, 2.05) is 0 Å². The highest BCUT2D eigenvalue weighted by Gasteiger charge is 2.32. The van der Waals surface area contributed by atoms with Gasteiger partial charge in [0.15, 0.2) is 0 Å². The molecule has 0 aliphatic carbocycles. The predicted octanol–water partition coefficient (Wildman–Crippen LogP) is 5.13. The average molecular weight is 198 g/mol. The minimum absolute atomic E-state index is 0.544. The highest BCUT2D eigenvalue weighted by atomic mass is 14.4. The minimum Gasteiger partial charge on any atom is -0.0651 e. The van der Waals surface area contributed by atoms with Crippen LogP contribution in [0.15, 0.2) is 0 Å². The van der Waals surface area contributed by atoms with E-state index in [1.54, 1.807) is 0 Å². The molecule has 0 aliphatic rings. The van der Waals surface area contributed by atoms with E-state index in [4.69, 9.17) is 0 Å². The van der Waals surface area contributed by atoms with Crippen molar-refractivity contribution >= 4 is 0 Å². The van der Waals surface area contributed by atoms with Crippen LogP contribution >= 0.6 is 0 Å². The molecule has 0 saturated heterocycles. The van der Waals surface area contributed by atoms with Gasteiger partial charge in [-0.3, -0.25) is 0 Å². The lowest BCUT2D eigenvalue weighted by Gasteiger charge is -2.40. The maximum Gasteiger partial charge on any atom is -0.0303 e. The van der Waals surface area contributed by atoms with Crippen molar-refractivity contribution in [3.63, 3.8) is 0 Å². The molecule has 0 radical (unpaired) electrons. The third-order valence-electron chi connectivity index (χ3n) is 5.04. The minimum atomic E-state index is 0.544. The summed E-state index contributed by atoms with van der Waals surface area (Å²) in [5.41, 5.74) is 0.544. The molecule has 86 valence electrons. The van der Waals surface area contributed by atoms with Crippen LogP contribution in [0.2, 0.25) is 0 Å².